The summed E-state index contributed by atoms with van der Waals surface area (Å²) in [5.41, 5.74) is 1.40. The molecule has 0 aromatic heterocycles. The minimum atomic E-state index is -0.419. The molecule has 2 rings (SSSR count). The van der Waals surface area contributed by atoms with Crippen LogP contribution >= 0.6 is 0 Å². The molecule has 19 heavy (non-hydrogen) atoms. The molecular formula is C15H16FNO2. The highest BCUT2D eigenvalue weighted by atomic mass is 19.1. The first-order valence-corrected chi connectivity index (χ1v) is 6.00. The van der Waals surface area contributed by atoms with Crippen molar-refractivity contribution in [2.24, 2.45) is 0 Å². The van der Waals surface area contributed by atoms with Crippen LogP contribution in [-0.2, 0) is 0 Å². The zero-order valence-electron chi connectivity index (χ0n) is 10.9. The quantitative estimate of drug-likeness (QED) is 0.881. The summed E-state index contributed by atoms with van der Waals surface area (Å²) in [6, 6.07) is 11.6. The Bertz CT molecular complexity index is 572. The van der Waals surface area contributed by atoms with Crippen LogP contribution in [0.5, 0.6) is 11.5 Å². The Balaban J connectivity index is 2.17. The first kappa shape index (κ1) is 13.2. The van der Waals surface area contributed by atoms with E-state index in [4.69, 9.17) is 4.74 Å². The fourth-order valence-corrected chi connectivity index (χ4v) is 1.94. The molecule has 2 aromatic carbocycles. The molecular weight excluding hydrogens is 245 g/mol. The smallest absolute Gasteiger partial charge is 0.167 e. The van der Waals surface area contributed by atoms with Crippen LogP contribution in [0.1, 0.15) is 18.5 Å². The van der Waals surface area contributed by atoms with E-state index in [1.807, 2.05) is 19.1 Å². The summed E-state index contributed by atoms with van der Waals surface area (Å²) < 4.78 is 18.4. The van der Waals surface area contributed by atoms with Crippen molar-refractivity contribution in [1.82, 2.24) is 0 Å². The Kier molecular flexibility index (Phi) is 3.90. The van der Waals surface area contributed by atoms with Crippen LogP contribution in [0.25, 0.3) is 0 Å². The minimum Gasteiger partial charge on any atom is -0.508 e. The first-order valence-electron chi connectivity index (χ1n) is 6.00. The molecule has 0 spiro atoms. The fourth-order valence-electron chi connectivity index (χ4n) is 1.94. The van der Waals surface area contributed by atoms with Crippen LogP contribution in [-0.4, -0.2) is 12.2 Å². The molecule has 0 saturated heterocycles. The monoisotopic (exact) mass is 261 g/mol. The predicted octanol–water partition coefficient (Wildman–Crippen LogP) is 3.71. The van der Waals surface area contributed by atoms with Gasteiger partial charge in [-0.3, -0.25) is 0 Å². The lowest BCUT2D eigenvalue weighted by Gasteiger charge is -2.17. The molecule has 1 unspecified atom stereocenters. The van der Waals surface area contributed by atoms with Crippen LogP contribution in [0.4, 0.5) is 10.1 Å². The number of ether oxygens (including phenoxy) is 1. The molecule has 0 aliphatic rings. The van der Waals surface area contributed by atoms with Crippen molar-refractivity contribution in [3.8, 4) is 11.5 Å². The van der Waals surface area contributed by atoms with Crippen LogP contribution in [0.3, 0.4) is 0 Å². The van der Waals surface area contributed by atoms with Gasteiger partial charge in [0.15, 0.2) is 11.6 Å². The average Bonchev–Trinajstić information content (AvgIpc) is 2.39. The van der Waals surface area contributed by atoms with E-state index >= 15 is 0 Å². The van der Waals surface area contributed by atoms with Crippen LogP contribution in [0.2, 0.25) is 0 Å². The maximum absolute atomic E-state index is 13.6. The molecule has 0 aliphatic heterocycles. The number of nitrogens with one attached hydrogen (secondary N) is 1. The third-order valence-electron chi connectivity index (χ3n) is 2.94. The summed E-state index contributed by atoms with van der Waals surface area (Å²) >= 11 is 0. The SMILES string of the molecule is COc1ccc(NC(C)c2ccccc2O)cc1F. The zero-order valence-corrected chi connectivity index (χ0v) is 10.9. The third-order valence-corrected chi connectivity index (χ3v) is 2.94. The number of hydrogen-bond donors (Lipinski definition) is 2. The van der Waals surface area contributed by atoms with Gasteiger partial charge in [0.2, 0.25) is 0 Å². The molecule has 0 heterocycles. The minimum absolute atomic E-state index is 0.131. The number of phenols is 1. The molecule has 0 radical (unpaired) electrons. The second kappa shape index (κ2) is 5.61. The maximum atomic E-state index is 13.6. The van der Waals surface area contributed by atoms with Gasteiger partial charge in [-0.2, -0.15) is 0 Å². The van der Waals surface area contributed by atoms with E-state index in [-0.39, 0.29) is 17.5 Å². The maximum Gasteiger partial charge on any atom is 0.167 e. The highest BCUT2D eigenvalue weighted by molar-refractivity contribution is 5.50. The predicted molar refractivity (Wildman–Crippen MR) is 73.1 cm³/mol. The number of para-hydroxylation sites is 1. The lowest BCUT2D eigenvalue weighted by molar-refractivity contribution is 0.386. The molecule has 3 nitrogen and oxygen atoms in total. The third kappa shape index (κ3) is 2.96. The van der Waals surface area contributed by atoms with Gasteiger partial charge < -0.3 is 15.2 Å². The van der Waals surface area contributed by atoms with Gasteiger partial charge in [-0.05, 0) is 25.1 Å². The van der Waals surface area contributed by atoms with Gasteiger partial charge in [-0.15, -0.1) is 0 Å². The molecule has 100 valence electrons. The van der Waals surface area contributed by atoms with Crippen molar-refractivity contribution >= 4 is 5.69 Å². The van der Waals surface area contributed by atoms with Crippen molar-refractivity contribution in [2.45, 2.75) is 13.0 Å². The summed E-state index contributed by atoms with van der Waals surface area (Å²) in [7, 11) is 1.43. The molecule has 0 bridgehead atoms. The van der Waals surface area contributed by atoms with Crippen molar-refractivity contribution in [2.75, 3.05) is 12.4 Å². The van der Waals surface area contributed by atoms with Gasteiger partial charge in [-0.1, -0.05) is 18.2 Å². The van der Waals surface area contributed by atoms with E-state index in [0.29, 0.717) is 5.69 Å². The summed E-state index contributed by atoms with van der Waals surface area (Å²) in [6.07, 6.45) is 0. The number of hydrogen-bond acceptors (Lipinski definition) is 3. The summed E-state index contributed by atoms with van der Waals surface area (Å²) in [5, 5.41) is 12.9. The van der Waals surface area contributed by atoms with E-state index in [2.05, 4.69) is 5.32 Å². The van der Waals surface area contributed by atoms with Gasteiger partial charge in [-0.25, -0.2) is 4.39 Å². The number of benzene rings is 2. The molecule has 0 aliphatic carbocycles. The second-order valence-corrected chi connectivity index (χ2v) is 4.27. The molecule has 0 fully saturated rings. The van der Waals surface area contributed by atoms with E-state index in [9.17, 15) is 9.50 Å². The van der Waals surface area contributed by atoms with Crippen molar-refractivity contribution in [1.29, 1.82) is 0 Å². The zero-order chi connectivity index (χ0) is 13.8. The van der Waals surface area contributed by atoms with E-state index in [1.54, 1.807) is 24.3 Å². The standard InChI is InChI=1S/C15H16FNO2/c1-10(12-5-3-4-6-14(12)18)17-11-7-8-15(19-2)13(16)9-11/h3-10,17-18H,1-2H3. The molecule has 0 saturated carbocycles. The number of anilines is 1. The van der Waals surface area contributed by atoms with E-state index < -0.39 is 5.82 Å². The number of methoxy groups -OCH3 is 1. The van der Waals surface area contributed by atoms with Crippen molar-refractivity contribution < 1.29 is 14.2 Å². The number of rotatable bonds is 4. The lowest BCUT2D eigenvalue weighted by Crippen LogP contribution is -2.07. The highest BCUT2D eigenvalue weighted by Gasteiger charge is 2.10. The molecule has 4 heteroatoms. The molecule has 2 N–H and O–H groups in total. The molecule has 2 aromatic rings. The second-order valence-electron chi connectivity index (χ2n) is 4.27. The van der Waals surface area contributed by atoms with Crippen molar-refractivity contribution in [3.05, 3.63) is 53.8 Å². The molecule has 0 amide bonds. The lowest BCUT2D eigenvalue weighted by atomic mass is 10.1. The Morgan fingerprint density at radius 1 is 1.21 bits per heavy atom. The van der Waals surface area contributed by atoms with E-state index in [1.165, 1.54) is 13.2 Å². The Morgan fingerprint density at radius 3 is 2.58 bits per heavy atom. The fraction of sp³-hybridized carbons (Fsp3) is 0.200. The number of phenolic OH excluding ortho intramolecular Hbond substituents is 1. The van der Waals surface area contributed by atoms with Gasteiger partial charge in [0.1, 0.15) is 5.75 Å². The van der Waals surface area contributed by atoms with E-state index in [0.717, 1.165) is 5.56 Å². The summed E-state index contributed by atoms with van der Waals surface area (Å²) in [5.74, 6) is 0.00855. The Hall–Kier alpha value is -2.23. The normalized spacial score (nSPS) is 11.9. The average molecular weight is 261 g/mol. The largest absolute Gasteiger partial charge is 0.508 e. The Morgan fingerprint density at radius 2 is 1.95 bits per heavy atom. The number of aromatic hydroxyl groups is 1. The van der Waals surface area contributed by atoms with Gasteiger partial charge in [0.05, 0.1) is 13.2 Å². The van der Waals surface area contributed by atoms with Crippen molar-refractivity contribution in [3.63, 3.8) is 0 Å². The summed E-state index contributed by atoms with van der Waals surface area (Å²) in [6.45, 7) is 1.90. The Labute approximate surface area is 111 Å². The van der Waals surface area contributed by atoms with Crippen LogP contribution in [0.15, 0.2) is 42.5 Å². The highest BCUT2D eigenvalue weighted by Crippen LogP contribution is 2.28. The van der Waals surface area contributed by atoms with Crippen LogP contribution < -0.4 is 10.1 Å². The van der Waals surface area contributed by atoms with Gasteiger partial charge in [0, 0.05) is 17.3 Å². The van der Waals surface area contributed by atoms with Gasteiger partial charge >= 0.3 is 0 Å². The molecule has 1 atom stereocenters. The number of halogens is 1. The van der Waals surface area contributed by atoms with Crippen LogP contribution in [0, 0.1) is 5.82 Å². The first-order chi connectivity index (χ1) is 9.11. The topological polar surface area (TPSA) is 41.5 Å². The van der Waals surface area contributed by atoms with Gasteiger partial charge in [0.25, 0.3) is 0 Å². The summed E-state index contributed by atoms with van der Waals surface area (Å²) in [4.78, 5) is 0.